The van der Waals surface area contributed by atoms with E-state index in [-0.39, 0.29) is 18.0 Å². The standard InChI is InChI=1S/C22H20F3N3O3/c23-22(24,25)31-16-6-3-5-15(12-16)27-21(30)19-9-4-10-28(19)20(29)11-14-13-26-18-8-2-1-7-17(14)18/h1-3,5-8,12-13,19,26H,4,9-11H2,(H,27,30). The van der Waals surface area contributed by atoms with Crippen LogP contribution in [-0.4, -0.2) is 40.6 Å². The summed E-state index contributed by atoms with van der Waals surface area (Å²) in [5.41, 5.74) is 1.95. The molecular formula is C22H20F3N3O3. The fraction of sp³-hybridized carbons (Fsp3) is 0.273. The molecule has 1 aliphatic rings. The number of amides is 2. The molecule has 1 unspecified atom stereocenters. The Balaban J connectivity index is 1.44. The highest BCUT2D eigenvalue weighted by molar-refractivity contribution is 5.98. The first-order valence-corrected chi connectivity index (χ1v) is 9.81. The second-order valence-corrected chi connectivity index (χ2v) is 7.35. The van der Waals surface area contributed by atoms with Crippen molar-refractivity contribution in [3.8, 4) is 5.75 Å². The van der Waals surface area contributed by atoms with Crippen molar-refractivity contribution in [2.75, 3.05) is 11.9 Å². The van der Waals surface area contributed by atoms with E-state index in [4.69, 9.17) is 0 Å². The molecule has 2 heterocycles. The number of alkyl halides is 3. The first-order chi connectivity index (χ1) is 14.8. The largest absolute Gasteiger partial charge is 0.573 e. The third-order valence-corrected chi connectivity index (χ3v) is 5.23. The SMILES string of the molecule is O=C(Nc1cccc(OC(F)(F)F)c1)C1CCCN1C(=O)Cc1c[nH]c2ccccc12. The molecule has 0 bridgehead atoms. The van der Waals surface area contributed by atoms with Crippen LogP contribution in [0.2, 0.25) is 0 Å². The summed E-state index contributed by atoms with van der Waals surface area (Å²) in [6.45, 7) is 0.455. The van der Waals surface area contributed by atoms with Crippen LogP contribution in [0.25, 0.3) is 10.9 Å². The molecule has 1 aromatic heterocycles. The third kappa shape index (κ3) is 4.82. The summed E-state index contributed by atoms with van der Waals surface area (Å²) in [5, 5.41) is 3.55. The van der Waals surface area contributed by atoms with E-state index in [9.17, 15) is 22.8 Å². The number of aromatic nitrogens is 1. The molecule has 3 aromatic rings. The fourth-order valence-electron chi connectivity index (χ4n) is 3.88. The van der Waals surface area contributed by atoms with Crippen LogP contribution in [-0.2, 0) is 16.0 Å². The number of para-hydroxylation sites is 1. The monoisotopic (exact) mass is 431 g/mol. The number of aromatic amines is 1. The Labute approximate surface area is 176 Å². The predicted octanol–water partition coefficient (Wildman–Crippen LogP) is 4.24. The van der Waals surface area contributed by atoms with Gasteiger partial charge in [-0.05, 0) is 36.6 Å². The van der Waals surface area contributed by atoms with Crippen molar-refractivity contribution in [2.45, 2.75) is 31.7 Å². The van der Waals surface area contributed by atoms with Crippen LogP contribution in [0.15, 0.2) is 54.7 Å². The van der Waals surface area contributed by atoms with Crippen molar-refractivity contribution in [1.29, 1.82) is 0 Å². The maximum absolute atomic E-state index is 12.9. The van der Waals surface area contributed by atoms with E-state index >= 15 is 0 Å². The molecule has 4 rings (SSSR count). The Hall–Kier alpha value is -3.49. The van der Waals surface area contributed by atoms with Gasteiger partial charge in [0.2, 0.25) is 11.8 Å². The maximum atomic E-state index is 12.9. The molecule has 1 fully saturated rings. The Morgan fingerprint density at radius 2 is 1.97 bits per heavy atom. The number of likely N-dealkylation sites (tertiary alicyclic amines) is 1. The molecule has 1 saturated heterocycles. The van der Waals surface area contributed by atoms with Crippen molar-refractivity contribution < 1.29 is 27.5 Å². The number of hydrogen-bond acceptors (Lipinski definition) is 3. The molecule has 31 heavy (non-hydrogen) atoms. The molecule has 6 nitrogen and oxygen atoms in total. The highest BCUT2D eigenvalue weighted by atomic mass is 19.4. The Bertz CT molecular complexity index is 1110. The van der Waals surface area contributed by atoms with Gasteiger partial charge in [0.05, 0.1) is 6.42 Å². The van der Waals surface area contributed by atoms with Crippen LogP contribution >= 0.6 is 0 Å². The summed E-state index contributed by atoms with van der Waals surface area (Å²) < 4.78 is 41.1. The summed E-state index contributed by atoms with van der Waals surface area (Å²) in [4.78, 5) is 30.4. The molecule has 9 heteroatoms. The minimum absolute atomic E-state index is 0.155. The lowest BCUT2D eigenvalue weighted by atomic mass is 10.1. The number of carbonyl (C=O) groups is 2. The van der Waals surface area contributed by atoms with Gasteiger partial charge in [0.25, 0.3) is 0 Å². The topological polar surface area (TPSA) is 74.4 Å². The molecule has 1 atom stereocenters. The van der Waals surface area contributed by atoms with Crippen LogP contribution in [0.4, 0.5) is 18.9 Å². The zero-order valence-electron chi connectivity index (χ0n) is 16.4. The number of H-pyrrole nitrogens is 1. The number of fused-ring (bicyclic) bond motifs is 1. The summed E-state index contributed by atoms with van der Waals surface area (Å²) in [6.07, 6.45) is -1.71. The quantitative estimate of drug-likeness (QED) is 0.635. The van der Waals surface area contributed by atoms with Gasteiger partial charge in [-0.25, -0.2) is 0 Å². The third-order valence-electron chi connectivity index (χ3n) is 5.23. The Morgan fingerprint density at radius 1 is 1.16 bits per heavy atom. The van der Waals surface area contributed by atoms with Gasteiger partial charge in [-0.3, -0.25) is 9.59 Å². The molecule has 0 radical (unpaired) electrons. The van der Waals surface area contributed by atoms with Crippen molar-refractivity contribution in [2.24, 2.45) is 0 Å². The van der Waals surface area contributed by atoms with Crippen LogP contribution < -0.4 is 10.1 Å². The van der Waals surface area contributed by atoms with E-state index in [1.54, 1.807) is 6.20 Å². The van der Waals surface area contributed by atoms with E-state index in [1.807, 2.05) is 24.3 Å². The van der Waals surface area contributed by atoms with E-state index < -0.39 is 24.1 Å². The van der Waals surface area contributed by atoms with E-state index in [2.05, 4.69) is 15.0 Å². The van der Waals surface area contributed by atoms with E-state index in [0.717, 1.165) is 28.6 Å². The molecule has 0 aliphatic carbocycles. The number of anilines is 1. The summed E-state index contributed by atoms with van der Waals surface area (Å²) in [6, 6.07) is 12.0. The molecule has 0 spiro atoms. The van der Waals surface area contributed by atoms with Gasteiger partial charge in [-0.2, -0.15) is 0 Å². The number of nitrogens with one attached hydrogen (secondary N) is 2. The van der Waals surface area contributed by atoms with Gasteiger partial charge in [-0.15, -0.1) is 13.2 Å². The highest BCUT2D eigenvalue weighted by Crippen LogP contribution is 2.27. The normalized spacial score (nSPS) is 16.5. The van der Waals surface area contributed by atoms with Crippen LogP contribution in [0, 0.1) is 0 Å². The molecular weight excluding hydrogens is 411 g/mol. The fourth-order valence-corrected chi connectivity index (χ4v) is 3.88. The smallest absolute Gasteiger partial charge is 0.406 e. The minimum Gasteiger partial charge on any atom is -0.406 e. The Morgan fingerprint density at radius 3 is 2.77 bits per heavy atom. The first kappa shape index (κ1) is 20.8. The zero-order chi connectivity index (χ0) is 22.0. The summed E-state index contributed by atoms with van der Waals surface area (Å²) in [5.74, 6) is -1.03. The highest BCUT2D eigenvalue weighted by Gasteiger charge is 2.34. The molecule has 0 saturated carbocycles. The van der Waals surface area contributed by atoms with Gasteiger partial charge < -0.3 is 19.9 Å². The number of hydrogen-bond donors (Lipinski definition) is 2. The molecule has 2 N–H and O–H groups in total. The average molecular weight is 431 g/mol. The average Bonchev–Trinajstić information content (AvgIpc) is 3.35. The number of ether oxygens (including phenoxy) is 1. The van der Waals surface area contributed by atoms with Crippen LogP contribution in [0.5, 0.6) is 5.75 Å². The second kappa shape index (κ2) is 8.33. The van der Waals surface area contributed by atoms with E-state index in [1.165, 1.54) is 17.0 Å². The number of benzene rings is 2. The van der Waals surface area contributed by atoms with Crippen molar-refractivity contribution >= 4 is 28.4 Å². The predicted molar refractivity (Wildman–Crippen MR) is 108 cm³/mol. The number of carbonyl (C=O) groups excluding carboxylic acids is 2. The van der Waals surface area contributed by atoms with Crippen LogP contribution in [0.3, 0.4) is 0 Å². The van der Waals surface area contributed by atoms with Crippen molar-refractivity contribution in [1.82, 2.24) is 9.88 Å². The lowest BCUT2D eigenvalue weighted by molar-refractivity contribution is -0.274. The van der Waals surface area contributed by atoms with Gasteiger partial charge in [0.15, 0.2) is 0 Å². The van der Waals surface area contributed by atoms with Crippen molar-refractivity contribution in [3.05, 3.63) is 60.3 Å². The number of halogens is 3. The summed E-state index contributed by atoms with van der Waals surface area (Å²) >= 11 is 0. The molecule has 1 aliphatic heterocycles. The van der Waals surface area contributed by atoms with E-state index in [0.29, 0.717) is 19.4 Å². The number of nitrogens with zero attached hydrogens (tertiary/aromatic N) is 1. The van der Waals surface area contributed by atoms with Gasteiger partial charge in [-0.1, -0.05) is 24.3 Å². The lowest BCUT2D eigenvalue weighted by Gasteiger charge is -2.24. The van der Waals surface area contributed by atoms with Crippen LogP contribution in [0.1, 0.15) is 18.4 Å². The maximum Gasteiger partial charge on any atom is 0.573 e. The van der Waals surface area contributed by atoms with Gasteiger partial charge >= 0.3 is 6.36 Å². The molecule has 2 amide bonds. The zero-order valence-corrected chi connectivity index (χ0v) is 16.4. The summed E-state index contributed by atoms with van der Waals surface area (Å²) in [7, 11) is 0. The molecule has 162 valence electrons. The Kier molecular flexibility index (Phi) is 5.58. The van der Waals surface area contributed by atoms with Gasteiger partial charge in [0.1, 0.15) is 11.8 Å². The first-order valence-electron chi connectivity index (χ1n) is 9.81. The van der Waals surface area contributed by atoms with Gasteiger partial charge in [0, 0.05) is 35.4 Å². The van der Waals surface area contributed by atoms with Crippen molar-refractivity contribution in [3.63, 3.8) is 0 Å². The minimum atomic E-state index is -4.82. The number of rotatable bonds is 5. The lowest BCUT2D eigenvalue weighted by Crippen LogP contribution is -2.43. The molecule has 2 aromatic carbocycles. The second-order valence-electron chi connectivity index (χ2n) is 7.35.